The van der Waals surface area contributed by atoms with Crippen LogP contribution in [0.3, 0.4) is 0 Å². The van der Waals surface area contributed by atoms with Gasteiger partial charge in [0.05, 0.1) is 9.82 Å². The molecule has 3 aromatic rings. The smallest absolute Gasteiger partial charge is 0.311 e. The lowest BCUT2D eigenvalue weighted by Crippen LogP contribution is -2.51. The topological polar surface area (TPSA) is 110 Å². The number of piperazine rings is 1. The van der Waals surface area contributed by atoms with Gasteiger partial charge in [-0.2, -0.15) is 4.31 Å². The zero-order valence-electron chi connectivity index (χ0n) is 17.4. The van der Waals surface area contributed by atoms with E-state index < -0.39 is 39.0 Å². The van der Waals surface area contributed by atoms with E-state index in [9.17, 15) is 27.7 Å². The lowest BCUT2D eigenvalue weighted by Gasteiger charge is -2.34. The number of hydrogen-bond donors (Lipinski definition) is 0. The highest BCUT2D eigenvalue weighted by Gasteiger charge is 2.30. The fourth-order valence-corrected chi connectivity index (χ4v) is 5.10. The molecule has 1 fully saturated rings. The second-order valence-electron chi connectivity index (χ2n) is 7.45. The van der Waals surface area contributed by atoms with Crippen molar-refractivity contribution in [2.24, 2.45) is 0 Å². The Labute approximate surface area is 189 Å². The predicted molar refractivity (Wildman–Crippen MR) is 118 cm³/mol. The first-order valence-corrected chi connectivity index (χ1v) is 11.5. The SMILES string of the molecule is O=C(COc1cc(F)ccc1[N+](=O)[O-])N1CCN(S(=O)(=O)c2ccc3ccccc3c2)CC1. The van der Waals surface area contributed by atoms with E-state index in [1.807, 2.05) is 24.3 Å². The normalized spacial score (nSPS) is 14.9. The number of ether oxygens (including phenoxy) is 1. The van der Waals surface area contributed by atoms with Gasteiger partial charge in [-0.15, -0.1) is 0 Å². The van der Waals surface area contributed by atoms with E-state index in [1.54, 1.807) is 18.2 Å². The number of carbonyl (C=O) groups excluding carboxylic acids is 1. The summed E-state index contributed by atoms with van der Waals surface area (Å²) < 4.78 is 46.0. The number of fused-ring (bicyclic) bond motifs is 1. The summed E-state index contributed by atoms with van der Waals surface area (Å²) in [4.78, 5) is 24.4. The summed E-state index contributed by atoms with van der Waals surface area (Å²) in [6, 6.07) is 15.1. The molecule has 0 aromatic heterocycles. The van der Waals surface area contributed by atoms with Crippen LogP contribution in [-0.4, -0.2) is 61.2 Å². The molecule has 0 radical (unpaired) electrons. The first-order valence-electron chi connectivity index (χ1n) is 10.1. The van der Waals surface area contributed by atoms with Crippen molar-refractivity contribution in [1.29, 1.82) is 0 Å². The van der Waals surface area contributed by atoms with Gasteiger partial charge in [-0.05, 0) is 29.0 Å². The number of benzene rings is 3. The first-order chi connectivity index (χ1) is 15.8. The van der Waals surface area contributed by atoms with Crippen molar-refractivity contribution >= 4 is 32.4 Å². The summed E-state index contributed by atoms with van der Waals surface area (Å²) >= 11 is 0. The Hall–Kier alpha value is -3.57. The number of rotatable bonds is 6. The molecule has 0 bridgehead atoms. The van der Waals surface area contributed by atoms with Gasteiger partial charge in [0.25, 0.3) is 5.91 Å². The van der Waals surface area contributed by atoms with Crippen LogP contribution in [0.15, 0.2) is 65.6 Å². The van der Waals surface area contributed by atoms with Crippen LogP contribution >= 0.6 is 0 Å². The van der Waals surface area contributed by atoms with Crippen molar-refractivity contribution in [3.05, 3.63) is 76.6 Å². The molecule has 0 N–H and O–H groups in total. The molecule has 9 nitrogen and oxygen atoms in total. The zero-order chi connectivity index (χ0) is 23.6. The Morgan fingerprint density at radius 2 is 1.70 bits per heavy atom. The quantitative estimate of drug-likeness (QED) is 0.402. The van der Waals surface area contributed by atoms with Gasteiger partial charge in [-0.1, -0.05) is 30.3 Å². The molecule has 0 spiro atoms. The fraction of sp³-hybridized carbons (Fsp3) is 0.227. The van der Waals surface area contributed by atoms with Crippen LogP contribution in [0.4, 0.5) is 10.1 Å². The fourth-order valence-electron chi connectivity index (χ4n) is 3.64. The Morgan fingerprint density at radius 1 is 1.00 bits per heavy atom. The third kappa shape index (κ3) is 4.78. The Kier molecular flexibility index (Phi) is 6.25. The molecule has 0 saturated carbocycles. The summed E-state index contributed by atoms with van der Waals surface area (Å²) in [5.74, 6) is -1.54. The summed E-state index contributed by atoms with van der Waals surface area (Å²) in [6.45, 7) is -0.0513. The van der Waals surface area contributed by atoms with E-state index in [-0.39, 0.29) is 36.8 Å². The van der Waals surface area contributed by atoms with Crippen molar-refractivity contribution in [2.45, 2.75) is 4.90 Å². The van der Waals surface area contributed by atoms with Crippen molar-refractivity contribution in [1.82, 2.24) is 9.21 Å². The molecule has 0 aliphatic carbocycles. The molecular formula is C22H20FN3O6S. The molecule has 11 heteroatoms. The average molecular weight is 473 g/mol. The molecule has 1 heterocycles. The van der Waals surface area contributed by atoms with Gasteiger partial charge in [-0.3, -0.25) is 14.9 Å². The highest BCUT2D eigenvalue weighted by atomic mass is 32.2. The highest BCUT2D eigenvalue weighted by molar-refractivity contribution is 7.89. The average Bonchev–Trinajstić information content (AvgIpc) is 2.82. The largest absolute Gasteiger partial charge is 0.477 e. The number of nitrogens with zero attached hydrogens (tertiary/aromatic N) is 3. The highest BCUT2D eigenvalue weighted by Crippen LogP contribution is 2.27. The number of hydrogen-bond acceptors (Lipinski definition) is 6. The van der Waals surface area contributed by atoms with E-state index in [4.69, 9.17) is 4.74 Å². The van der Waals surface area contributed by atoms with Gasteiger partial charge in [0.15, 0.2) is 6.61 Å². The Morgan fingerprint density at radius 3 is 2.39 bits per heavy atom. The summed E-state index contributed by atoms with van der Waals surface area (Å²) in [5.41, 5.74) is -0.449. The molecule has 172 valence electrons. The summed E-state index contributed by atoms with van der Waals surface area (Å²) in [7, 11) is -3.73. The lowest BCUT2D eigenvalue weighted by atomic mass is 10.1. The van der Waals surface area contributed by atoms with Gasteiger partial charge in [0, 0.05) is 38.3 Å². The third-order valence-corrected chi connectivity index (χ3v) is 7.31. The maximum atomic E-state index is 13.4. The zero-order valence-corrected chi connectivity index (χ0v) is 18.2. The molecule has 33 heavy (non-hydrogen) atoms. The summed E-state index contributed by atoms with van der Waals surface area (Å²) in [6.07, 6.45) is 0. The van der Waals surface area contributed by atoms with Crippen molar-refractivity contribution in [3.63, 3.8) is 0 Å². The second kappa shape index (κ2) is 9.12. The van der Waals surface area contributed by atoms with Crippen LogP contribution in [0, 0.1) is 15.9 Å². The van der Waals surface area contributed by atoms with Gasteiger partial charge < -0.3 is 9.64 Å². The Balaban J connectivity index is 1.38. The number of halogens is 1. The molecule has 3 aromatic carbocycles. The first kappa shape index (κ1) is 22.6. The number of amides is 1. The molecular weight excluding hydrogens is 453 g/mol. The number of nitro benzene ring substituents is 1. The van der Waals surface area contributed by atoms with E-state index >= 15 is 0 Å². The minimum Gasteiger partial charge on any atom is -0.477 e. The number of carbonyl (C=O) groups is 1. The standard InChI is InChI=1S/C22H20FN3O6S/c23-18-6-8-20(26(28)29)21(14-18)32-15-22(27)24-9-11-25(12-10-24)33(30,31)19-7-5-16-3-1-2-4-17(16)13-19/h1-8,13-14H,9-12,15H2. The molecule has 1 amide bonds. The van der Waals surface area contributed by atoms with Crippen LogP contribution in [0.2, 0.25) is 0 Å². The van der Waals surface area contributed by atoms with E-state index in [0.717, 1.165) is 29.0 Å². The summed E-state index contributed by atoms with van der Waals surface area (Å²) in [5, 5.41) is 12.8. The van der Waals surface area contributed by atoms with Crippen molar-refractivity contribution in [2.75, 3.05) is 32.8 Å². The predicted octanol–water partition coefficient (Wildman–Crippen LogP) is 2.80. The molecule has 1 aliphatic rings. The molecule has 4 rings (SSSR count). The van der Waals surface area contributed by atoms with Gasteiger partial charge in [0.2, 0.25) is 15.8 Å². The Bertz CT molecular complexity index is 1320. The van der Waals surface area contributed by atoms with Gasteiger partial charge >= 0.3 is 5.69 Å². The van der Waals surface area contributed by atoms with E-state index in [2.05, 4.69) is 0 Å². The second-order valence-corrected chi connectivity index (χ2v) is 9.39. The van der Waals surface area contributed by atoms with Crippen LogP contribution < -0.4 is 4.74 Å². The molecule has 0 unspecified atom stereocenters. The van der Waals surface area contributed by atoms with Gasteiger partial charge in [0.1, 0.15) is 5.82 Å². The number of sulfonamides is 1. The van der Waals surface area contributed by atoms with Crippen molar-refractivity contribution < 1.29 is 27.3 Å². The van der Waals surface area contributed by atoms with Crippen molar-refractivity contribution in [3.8, 4) is 5.75 Å². The minimum absolute atomic E-state index is 0.0982. The maximum Gasteiger partial charge on any atom is 0.311 e. The minimum atomic E-state index is -3.73. The van der Waals surface area contributed by atoms with Gasteiger partial charge in [-0.25, -0.2) is 12.8 Å². The van der Waals surface area contributed by atoms with Crippen LogP contribution in [-0.2, 0) is 14.8 Å². The molecule has 1 aliphatic heterocycles. The molecule has 1 saturated heterocycles. The van der Waals surface area contributed by atoms with Crippen LogP contribution in [0.1, 0.15) is 0 Å². The lowest BCUT2D eigenvalue weighted by molar-refractivity contribution is -0.385. The van der Waals surface area contributed by atoms with Crippen LogP contribution in [0.25, 0.3) is 10.8 Å². The van der Waals surface area contributed by atoms with E-state index in [0.29, 0.717) is 0 Å². The number of nitro groups is 1. The van der Waals surface area contributed by atoms with Crippen LogP contribution in [0.5, 0.6) is 5.75 Å². The maximum absolute atomic E-state index is 13.4. The van der Waals surface area contributed by atoms with E-state index in [1.165, 1.54) is 9.21 Å². The molecule has 0 atom stereocenters. The third-order valence-electron chi connectivity index (χ3n) is 5.42. The monoisotopic (exact) mass is 473 g/mol.